The molecule has 1 atom stereocenters. The minimum atomic E-state index is -3.90. The lowest BCUT2D eigenvalue weighted by atomic mass is 10.1. The molecule has 0 radical (unpaired) electrons. The average molecular weight is 538 g/mol. The summed E-state index contributed by atoms with van der Waals surface area (Å²) in [5, 5.41) is 2.85. The normalized spacial score (nSPS) is 12.1. The zero-order valence-corrected chi connectivity index (χ0v) is 23.0. The summed E-state index contributed by atoms with van der Waals surface area (Å²) < 4.78 is 50.5. The van der Waals surface area contributed by atoms with E-state index >= 15 is 0 Å². The Kier molecular flexibility index (Phi) is 10.7. The first-order valence-corrected chi connectivity index (χ1v) is 13.8. The van der Waals surface area contributed by atoms with Crippen LogP contribution in [0.4, 0.5) is 10.1 Å². The Morgan fingerprint density at radius 2 is 1.65 bits per heavy atom. The van der Waals surface area contributed by atoms with Crippen LogP contribution in [0.2, 0.25) is 0 Å². The van der Waals surface area contributed by atoms with Crippen LogP contribution in [0.3, 0.4) is 0 Å². The third kappa shape index (κ3) is 8.34. The van der Waals surface area contributed by atoms with Gasteiger partial charge in [0.05, 0.1) is 26.2 Å². The van der Waals surface area contributed by atoms with E-state index in [0.29, 0.717) is 30.0 Å². The summed E-state index contributed by atoms with van der Waals surface area (Å²) in [5.74, 6) is -0.464. The van der Waals surface area contributed by atoms with Crippen LogP contribution in [0.25, 0.3) is 0 Å². The van der Waals surface area contributed by atoms with Crippen LogP contribution in [0.15, 0.2) is 42.5 Å². The van der Waals surface area contributed by atoms with Crippen LogP contribution in [0, 0.1) is 11.7 Å². The Bertz CT molecular complexity index is 1170. The lowest BCUT2D eigenvalue weighted by Gasteiger charge is -2.33. The van der Waals surface area contributed by atoms with Gasteiger partial charge >= 0.3 is 0 Å². The summed E-state index contributed by atoms with van der Waals surface area (Å²) in [5.41, 5.74) is 0.800. The van der Waals surface area contributed by atoms with Crippen molar-refractivity contribution in [2.75, 3.05) is 37.9 Å². The molecule has 0 saturated heterocycles. The number of methoxy groups -OCH3 is 2. The molecular weight excluding hydrogens is 501 g/mol. The molecule has 0 aliphatic carbocycles. The second-order valence-electron chi connectivity index (χ2n) is 9.02. The number of amides is 2. The van der Waals surface area contributed by atoms with Crippen LogP contribution < -0.4 is 19.1 Å². The summed E-state index contributed by atoms with van der Waals surface area (Å²) >= 11 is 0. The molecule has 9 nitrogen and oxygen atoms in total. The fraction of sp³-hybridized carbons (Fsp3) is 0.462. The van der Waals surface area contributed by atoms with Gasteiger partial charge in [-0.2, -0.15) is 0 Å². The van der Waals surface area contributed by atoms with Gasteiger partial charge in [-0.25, -0.2) is 12.8 Å². The van der Waals surface area contributed by atoms with E-state index in [0.717, 1.165) is 10.6 Å². The zero-order chi connectivity index (χ0) is 27.8. The summed E-state index contributed by atoms with van der Waals surface area (Å²) in [6.07, 6.45) is 1.29. The number of hydrogen-bond donors (Lipinski definition) is 1. The van der Waals surface area contributed by atoms with Crippen molar-refractivity contribution in [3.8, 4) is 11.5 Å². The highest BCUT2D eigenvalue weighted by atomic mass is 32.2. The van der Waals surface area contributed by atoms with Crippen molar-refractivity contribution >= 4 is 27.5 Å². The summed E-state index contributed by atoms with van der Waals surface area (Å²) in [6.45, 7) is 5.55. The third-order valence-electron chi connectivity index (χ3n) is 5.67. The molecular formula is C26H36FN3O6S. The molecule has 0 heterocycles. The first-order chi connectivity index (χ1) is 17.4. The number of benzene rings is 2. The fourth-order valence-electron chi connectivity index (χ4n) is 3.72. The Hall–Kier alpha value is -3.34. The van der Waals surface area contributed by atoms with E-state index in [2.05, 4.69) is 5.32 Å². The number of halogens is 1. The van der Waals surface area contributed by atoms with Gasteiger partial charge in [-0.15, -0.1) is 0 Å². The van der Waals surface area contributed by atoms with Crippen molar-refractivity contribution in [3.63, 3.8) is 0 Å². The van der Waals surface area contributed by atoms with Crippen molar-refractivity contribution in [2.45, 2.75) is 39.8 Å². The molecule has 11 heteroatoms. The largest absolute Gasteiger partial charge is 0.493 e. The van der Waals surface area contributed by atoms with Gasteiger partial charge in [-0.05, 0) is 42.2 Å². The second-order valence-corrected chi connectivity index (χ2v) is 10.9. The quantitative estimate of drug-likeness (QED) is 0.421. The van der Waals surface area contributed by atoms with Gasteiger partial charge < -0.3 is 19.7 Å². The molecule has 2 aromatic rings. The van der Waals surface area contributed by atoms with Gasteiger partial charge in [-0.3, -0.25) is 13.9 Å². The maximum Gasteiger partial charge on any atom is 0.244 e. The average Bonchev–Trinajstić information content (AvgIpc) is 2.85. The number of rotatable bonds is 13. The Morgan fingerprint density at radius 1 is 1.03 bits per heavy atom. The molecule has 1 N–H and O–H groups in total. The second kappa shape index (κ2) is 13.3. The SMILES string of the molecule is CCC(C(=O)NCC(C)C)N(Cc1ccc(F)cc1)C(=O)CN(c1ccc(OC)c(OC)c1)S(C)(=O)=O. The van der Waals surface area contributed by atoms with E-state index in [1.807, 2.05) is 13.8 Å². The summed E-state index contributed by atoms with van der Waals surface area (Å²) in [4.78, 5) is 28.1. The predicted molar refractivity (Wildman–Crippen MR) is 141 cm³/mol. The number of carbonyl (C=O) groups is 2. The van der Waals surface area contributed by atoms with Crippen LogP contribution in [0.5, 0.6) is 11.5 Å². The van der Waals surface area contributed by atoms with Gasteiger partial charge in [0.2, 0.25) is 21.8 Å². The van der Waals surface area contributed by atoms with Gasteiger partial charge in [0, 0.05) is 19.2 Å². The van der Waals surface area contributed by atoms with Crippen molar-refractivity contribution in [1.29, 1.82) is 0 Å². The highest BCUT2D eigenvalue weighted by molar-refractivity contribution is 7.92. The fourth-order valence-corrected chi connectivity index (χ4v) is 4.56. The first-order valence-electron chi connectivity index (χ1n) is 11.9. The topological polar surface area (TPSA) is 105 Å². The number of ether oxygens (including phenoxy) is 2. The molecule has 37 heavy (non-hydrogen) atoms. The third-order valence-corrected chi connectivity index (χ3v) is 6.81. The van der Waals surface area contributed by atoms with E-state index in [9.17, 15) is 22.4 Å². The number of nitrogens with one attached hydrogen (secondary N) is 1. The van der Waals surface area contributed by atoms with Crippen LogP contribution in [-0.4, -0.2) is 64.7 Å². The maximum atomic E-state index is 13.7. The minimum Gasteiger partial charge on any atom is -0.493 e. The van der Waals surface area contributed by atoms with Crippen molar-refractivity contribution in [3.05, 3.63) is 53.8 Å². The standard InChI is InChI=1S/C26H36FN3O6S/c1-7-22(26(32)28-15-18(2)3)29(16-19-8-10-20(27)11-9-19)25(31)17-30(37(6,33)34)21-12-13-23(35-4)24(14-21)36-5/h8-14,18,22H,7,15-17H2,1-6H3,(H,28,32). The molecule has 1 unspecified atom stereocenters. The van der Waals surface area contributed by atoms with Crippen molar-refractivity contribution in [2.24, 2.45) is 5.92 Å². The maximum absolute atomic E-state index is 13.7. The minimum absolute atomic E-state index is 0.00372. The molecule has 0 bridgehead atoms. The molecule has 2 aromatic carbocycles. The van der Waals surface area contributed by atoms with E-state index in [1.165, 1.54) is 55.5 Å². The summed E-state index contributed by atoms with van der Waals surface area (Å²) in [7, 11) is -1.03. The van der Waals surface area contributed by atoms with Gasteiger partial charge in [0.15, 0.2) is 11.5 Å². The molecule has 0 fully saturated rings. The number of anilines is 1. The van der Waals surface area contributed by atoms with Gasteiger partial charge in [-0.1, -0.05) is 32.9 Å². The lowest BCUT2D eigenvalue weighted by molar-refractivity contribution is -0.140. The van der Waals surface area contributed by atoms with E-state index in [1.54, 1.807) is 13.0 Å². The highest BCUT2D eigenvalue weighted by Crippen LogP contribution is 2.32. The predicted octanol–water partition coefficient (Wildman–Crippen LogP) is 3.19. The first kappa shape index (κ1) is 29.9. The molecule has 2 amide bonds. The molecule has 204 valence electrons. The number of hydrogen-bond acceptors (Lipinski definition) is 6. The number of sulfonamides is 1. The molecule has 0 saturated carbocycles. The number of nitrogens with zero attached hydrogens (tertiary/aromatic N) is 2. The van der Waals surface area contributed by atoms with Crippen LogP contribution in [0.1, 0.15) is 32.8 Å². The van der Waals surface area contributed by atoms with Gasteiger partial charge in [0.1, 0.15) is 18.4 Å². The van der Waals surface area contributed by atoms with Gasteiger partial charge in [0.25, 0.3) is 0 Å². The van der Waals surface area contributed by atoms with E-state index in [-0.39, 0.29) is 24.1 Å². The van der Waals surface area contributed by atoms with E-state index in [4.69, 9.17) is 9.47 Å². The Labute approximate surface area is 218 Å². The van der Waals surface area contributed by atoms with Crippen LogP contribution in [-0.2, 0) is 26.2 Å². The van der Waals surface area contributed by atoms with Crippen molar-refractivity contribution in [1.82, 2.24) is 10.2 Å². The van der Waals surface area contributed by atoms with E-state index < -0.39 is 34.3 Å². The molecule has 0 aliphatic rings. The molecule has 0 spiro atoms. The monoisotopic (exact) mass is 537 g/mol. The Balaban J connectivity index is 2.46. The molecule has 0 aromatic heterocycles. The Morgan fingerprint density at radius 3 is 2.16 bits per heavy atom. The lowest BCUT2D eigenvalue weighted by Crippen LogP contribution is -2.52. The smallest absolute Gasteiger partial charge is 0.244 e. The van der Waals surface area contributed by atoms with Crippen LogP contribution >= 0.6 is 0 Å². The molecule has 0 aliphatic heterocycles. The van der Waals surface area contributed by atoms with Crippen molar-refractivity contribution < 1.29 is 31.9 Å². The zero-order valence-electron chi connectivity index (χ0n) is 22.2. The number of carbonyl (C=O) groups excluding carboxylic acids is 2. The molecule has 2 rings (SSSR count). The summed E-state index contributed by atoms with van der Waals surface area (Å²) in [6, 6.07) is 9.24. The highest BCUT2D eigenvalue weighted by Gasteiger charge is 2.32.